The van der Waals surface area contributed by atoms with Crippen LogP contribution in [0.25, 0.3) is 10.9 Å². The van der Waals surface area contributed by atoms with Crippen LogP contribution in [0, 0.1) is 0 Å². The zero-order valence-corrected chi connectivity index (χ0v) is 25.4. The average molecular weight is 608 g/mol. The third-order valence-electron chi connectivity index (χ3n) is 7.05. The second-order valence-electron chi connectivity index (χ2n) is 9.65. The monoisotopic (exact) mass is 607 g/mol. The molecule has 2 aromatic carbocycles. The third-order valence-corrected chi connectivity index (χ3v) is 9.30. The summed E-state index contributed by atoms with van der Waals surface area (Å²) in [6.07, 6.45) is 4.78. The fourth-order valence-corrected chi connectivity index (χ4v) is 7.28. The molecule has 1 aliphatic rings. The number of benzene rings is 2. The molecule has 5 rings (SSSR count). The van der Waals surface area contributed by atoms with Gasteiger partial charge >= 0.3 is 5.97 Å². The molecule has 0 radical (unpaired) electrons. The molecule has 1 aliphatic carbocycles. The number of hydrogen-bond acceptors (Lipinski definition) is 8. The van der Waals surface area contributed by atoms with E-state index in [0.717, 1.165) is 45.5 Å². The smallest absolute Gasteiger partial charge is 0.341 e. The van der Waals surface area contributed by atoms with Gasteiger partial charge in [-0.15, -0.1) is 23.1 Å². The Kier molecular flexibility index (Phi) is 9.38. The number of methoxy groups -OCH3 is 2. The molecule has 0 aliphatic heterocycles. The molecule has 11 heteroatoms. The molecule has 2 aromatic heterocycles. The zero-order valence-electron chi connectivity index (χ0n) is 23.8. The van der Waals surface area contributed by atoms with E-state index in [1.807, 2.05) is 30.5 Å². The van der Waals surface area contributed by atoms with Crippen molar-refractivity contribution in [2.45, 2.75) is 37.6 Å². The van der Waals surface area contributed by atoms with E-state index < -0.39 is 0 Å². The summed E-state index contributed by atoms with van der Waals surface area (Å²) in [6, 6.07) is 13.0. The van der Waals surface area contributed by atoms with E-state index in [-0.39, 0.29) is 30.1 Å². The molecule has 2 N–H and O–H groups in total. The minimum absolute atomic E-state index is 0.176. The second kappa shape index (κ2) is 13.3. The molecule has 0 saturated carbocycles. The number of nitrogens with one attached hydrogen (secondary N) is 2. The first-order chi connectivity index (χ1) is 20.4. The molecular formula is C31H33N3O6S2. The quantitative estimate of drug-likeness (QED) is 0.161. The fraction of sp³-hybridized carbons (Fsp3) is 0.323. The molecule has 42 heavy (non-hydrogen) atoms. The number of hydrogen-bond donors (Lipinski definition) is 2. The van der Waals surface area contributed by atoms with Crippen LogP contribution >= 0.6 is 23.1 Å². The van der Waals surface area contributed by atoms with E-state index in [2.05, 4.69) is 15.2 Å². The minimum atomic E-state index is -0.374. The van der Waals surface area contributed by atoms with E-state index in [1.165, 1.54) is 30.2 Å². The third kappa shape index (κ3) is 6.27. The number of anilines is 1. The largest absolute Gasteiger partial charge is 0.493 e. The molecule has 9 nitrogen and oxygen atoms in total. The number of amides is 2. The van der Waals surface area contributed by atoms with Crippen LogP contribution in [-0.2, 0) is 28.9 Å². The van der Waals surface area contributed by atoms with Gasteiger partial charge in [-0.25, -0.2) is 4.79 Å². The van der Waals surface area contributed by atoms with Crippen molar-refractivity contribution < 1.29 is 28.6 Å². The number of rotatable bonds is 12. The maximum Gasteiger partial charge on any atom is 0.341 e. The molecule has 0 fully saturated rings. The number of carbonyl (C=O) groups is 3. The van der Waals surface area contributed by atoms with Gasteiger partial charge in [0.1, 0.15) is 5.00 Å². The number of nitrogens with zero attached hydrogens (tertiary/aromatic N) is 1. The normalized spacial score (nSPS) is 12.2. The summed E-state index contributed by atoms with van der Waals surface area (Å²) in [6.45, 7) is 3.03. The van der Waals surface area contributed by atoms with Crippen molar-refractivity contribution in [3.05, 3.63) is 70.2 Å². The number of thiophene rings is 1. The van der Waals surface area contributed by atoms with E-state index in [0.29, 0.717) is 40.7 Å². The van der Waals surface area contributed by atoms with Crippen molar-refractivity contribution in [2.75, 3.05) is 38.4 Å². The molecule has 0 spiro atoms. The first kappa shape index (κ1) is 29.5. The topological polar surface area (TPSA) is 108 Å². The van der Waals surface area contributed by atoms with Crippen LogP contribution in [0.2, 0.25) is 0 Å². The van der Waals surface area contributed by atoms with Gasteiger partial charge in [0.2, 0.25) is 5.91 Å². The van der Waals surface area contributed by atoms with Crippen molar-refractivity contribution in [1.82, 2.24) is 9.88 Å². The molecule has 0 unspecified atom stereocenters. The molecule has 2 amide bonds. The molecule has 2 heterocycles. The predicted molar refractivity (Wildman–Crippen MR) is 165 cm³/mol. The van der Waals surface area contributed by atoms with Crippen molar-refractivity contribution in [3.63, 3.8) is 0 Å². The van der Waals surface area contributed by atoms with E-state index in [4.69, 9.17) is 14.2 Å². The lowest BCUT2D eigenvalue weighted by molar-refractivity contribution is -0.113. The molecule has 0 bridgehead atoms. The van der Waals surface area contributed by atoms with Crippen molar-refractivity contribution in [3.8, 4) is 11.5 Å². The number of aryl methyl sites for hydroxylation is 1. The summed E-state index contributed by atoms with van der Waals surface area (Å²) in [5.74, 6) is 0.484. The van der Waals surface area contributed by atoms with Crippen LogP contribution in [0.15, 0.2) is 53.6 Å². The van der Waals surface area contributed by atoms with Gasteiger partial charge in [0, 0.05) is 45.5 Å². The zero-order chi connectivity index (χ0) is 29.6. The van der Waals surface area contributed by atoms with Crippen LogP contribution in [0.3, 0.4) is 0 Å². The molecular weight excluding hydrogens is 574 g/mol. The Morgan fingerprint density at radius 3 is 2.64 bits per heavy atom. The van der Waals surface area contributed by atoms with Gasteiger partial charge in [0.05, 0.1) is 32.1 Å². The van der Waals surface area contributed by atoms with Crippen LogP contribution in [0.4, 0.5) is 5.00 Å². The van der Waals surface area contributed by atoms with Crippen LogP contribution < -0.4 is 20.1 Å². The Labute approximate surface area is 252 Å². The van der Waals surface area contributed by atoms with E-state index in [1.54, 1.807) is 32.2 Å². The van der Waals surface area contributed by atoms with Gasteiger partial charge < -0.3 is 29.4 Å². The van der Waals surface area contributed by atoms with Crippen molar-refractivity contribution in [1.29, 1.82) is 0 Å². The highest BCUT2D eigenvalue weighted by Crippen LogP contribution is 2.40. The van der Waals surface area contributed by atoms with Crippen LogP contribution in [-0.4, -0.2) is 55.5 Å². The van der Waals surface area contributed by atoms with Crippen molar-refractivity contribution >= 4 is 56.8 Å². The number of fused-ring (bicyclic) bond motifs is 2. The van der Waals surface area contributed by atoms with Gasteiger partial charge in [-0.3, -0.25) is 9.59 Å². The maximum absolute atomic E-state index is 13.0. The lowest BCUT2D eigenvalue weighted by Gasteiger charge is -2.10. The fourth-order valence-electron chi connectivity index (χ4n) is 5.10. The summed E-state index contributed by atoms with van der Waals surface area (Å²) in [5.41, 5.74) is 3.02. The van der Waals surface area contributed by atoms with Gasteiger partial charge in [-0.05, 0) is 56.0 Å². The summed E-state index contributed by atoms with van der Waals surface area (Å²) < 4.78 is 17.9. The van der Waals surface area contributed by atoms with Gasteiger partial charge in [-0.2, -0.15) is 0 Å². The van der Waals surface area contributed by atoms with Gasteiger partial charge in [-0.1, -0.05) is 18.2 Å². The number of carbonyl (C=O) groups excluding carboxylic acids is 3. The maximum atomic E-state index is 13.0. The van der Waals surface area contributed by atoms with Gasteiger partial charge in [0.15, 0.2) is 11.5 Å². The highest BCUT2D eigenvalue weighted by atomic mass is 32.2. The predicted octanol–water partition coefficient (Wildman–Crippen LogP) is 5.55. The Balaban J connectivity index is 1.22. The van der Waals surface area contributed by atoms with E-state index in [9.17, 15) is 14.4 Å². The van der Waals surface area contributed by atoms with E-state index >= 15 is 0 Å². The number of aromatic nitrogens is 1. The summed E-state index contributed by atoms with van der Waals surface area (Å²) in [7, 11) is 3.08. The molecule has 4 aromatic rings. The Hall–Kier alpha value is -3.96. The summed E-state index contributed by atoms with van der Waals surface area (Å²) in [5, 5.41) is 7.54. The number of para-hydroxylation sites is 1. The Morgan fingerprint density at radius 1 is 1.05 bits per heavy atom. The summed E-state index contributed by atoms with van der Waals surface area (Å²) in [4.78, 5) is 40.5. The highest BCUT2D eigenvalue weighted by Gasteiger charge is 2.28. The number of thioether (sulfide) groups is 1. The number of ether oxygens (including phenoxy) is 3. The van der Waals surface area contributed by atoms with Crippen LogP contribution in [0.5, 0.6) is 11.5 Å². The Morgan fingerprint density at radius 2 is 1.86 bits per heavy atom. The van der Waals surface area contributed by atoms with Gasteiger partial charge in [0.25, 0.3) is 5.91 Å². The Bertz CT molecular complexity index is 1630. The minimum Gasteiger partial charge on any atom is -0.493 e. The molecule has 0 saturated heterocycles. The molecule has 220 valence electrons. The number of esters is 1. The summed E-state index contributed by atoms with van der Waals surface area (Å²) >= 11 is 2.92. The standard InChI is InChI=1S/C31H33N3O6S2/c1-4-40-31(37)28-21-9-7-11-25(21)42-30(28)33-27(35)18-41-26-17-34(22-10-6-5-8-20(22)26)15-14-32-29(36)19-12-13-23(38-2)24(16-19)39-3/h5-6,8,10,12-13,16-17H,4,7,9,11,14-15,18H2,1-3H3,(H,32,36)(H,33,35). The first-order valence-electron chi connectivity index (χ1n) is 13.8. The first-order valence-corrected chi connectivity index (χ1v) is 15.6. The molecule has 0 atom stereocenters. The SMILES string of the molecule is CCOC(=O)c1c(NC(=O)CSc2cn(CCNC(=O)c3ccc(OC)c(OC)c3)c3ccccc23)sc2c1CCC2. The highest BCUT2D eigenvalue weighted by molar-refractivity contribution is 8.00. The lowest BCUT2D eigenvalue weighted by Crippen LogP contribution is -2.27. The second-order valence-corrected chi connectivity index (χ2v) is 11.8. The van der Waals surface area contributed by atoms with Crippen molar-refractivity contribution in [2.24, 2.45) is 0 Å². The lowest BCUT2D eigenvalue weighted by atomic mass is 10.1. The van der Waals surface area contributed by atoms with Crippen LogP contribution in [0.1, 0.15) is 44.5 Å². The average Bonchev–Trinajstić information content (AvgIpc) is 3.69.